The summed E-state index contributed by atoms with van der Waals surface area (Å²) in [6.45, 7) is 0.512. The Labute approximate surface area is 198 Å². The SMILES string of the molecule is CN(Cc1ccc(=O)[nH]c1)C(O)c1ccc(C[C@@H]2CC[C@H]([C@H](O)c3ccc(Cl)nc3)N2)cc1. The summed E-state index contributed by atoms with van der Waals surface area (Å²) in [6, 6.07) is 15.0. The van der Waals surface area contributed by atoms with Crippen molar-refractivity contribution in [2.45, 2.75) is 50.2 Å². The lowest BCUT2D eigenvalue weighted by Crippen LogP contribution is -2.35. The minimum Gasteiger partial charge on any atom is -0.387 e. The van der Waals surface area contributed by atoms with Gasteiger partial charge in [-0.15, -0.1) is 0 Å². The minimum atomic E-state index is -0.747. The third-order valence-electron chi connectivity index (χ3n) is 6.21. The molecule has 1 saturated heterocycles. The van der Waals surface area contributed by atoms with Gasteiger partial charge in [0.25, 0.3) is 0 Å². The Hall–Kier alpha value is -2.55. The van der Waals surface area contributed by atoms with Crippen molar-refractivity contribution in [1.82, 2.24) is 20.2 Å². The molecule has 0 bridgehead atoms. The van der Waals surface area contributed by atoms with Crippen molar-refractivity contribution < 1.29 is 10.2 Å². The number of nitrogens with zero attached hydrogens (tertiary/aromatic N) is 2. The third kappa shape index (κ3) is 6.07. The number of hydrogen-bond acceptors (Lipinski definition) is 6. The van der Waals surface area contributed by atoms with Crippen LogP contribution in [0.3, 0.4) is 0 Å². The van der Waals surface area contributed by atoms with Crippen molar-refractivity contribution in [3.05, 3.63) is 98.7 Å². The van der Waals surface area contributed by atoms with Crippen LogP contribution < -0.4 is 10.9 Å². The van der Waals surface area contributed by atoms with Gasteiger partial charge in [-0.2, -0.15) is 0 Å². The van der Waals surface area contributed by atoms with E-state index in [2.05, 4.69) is 15.3 Å². The maximum atomic E-state index is 11.2. The molecule has 0 saturated carbocycles. The second-order valence-corrected chi connectivity index (χ2v) is 9.09. The second-order valence-electron chi connectivity index (χ2n) is 8.70. The highest BCUT2D eigenvalue weighted by Gasteiger charge is 2.30. The lowest BCUT2D eigenvalue weighted by molar-refractivity contribution is 0.0151. The van der Waals surface area contributed by atoms with Gasteiger partial charge in [-0.3, -0.25) is 9.69 Å². The van der Waals surface area contributed by atoms with E-state index in [4.69, 9.17) is 11.6 Å². The zero-order chi connectivity index (χ0) is 23.4. The summed E-state index contributed by atoms with van der Waals surface area (Å²) in [5.41, 5.74) is 3.54. The quantitative estimate of drug-likeness (QED) is 0.299. The first-order chi connectivity index (χ1) is 15.9. The number of benzene rings is 1. The molecule has 4 rings (SSSR count). The monoisotopic (exact) mass is 468 g/mol. The maximum Gasteiger partial charge on any atom is 0.247 e. The van der Waals surface area contributed by atoms with Gasteiger partial charge < -0.3 is 20.5 Å². The van der Waals surface area contributed by atoms with Crippen LogP contribution in [0, 0.1) is 0 Å². The minimum absolute atomic E-state index is 0.0133. The molecule has 4 atom stereocenters. The van der Waals surface area contributed by atoms with Gasteiger partial charge in [-0.25, -0.2) is 4.98 Å². The molecule has 1 aliphatic rings. The molecule has 0 spiro atoms. The van der Waals surface area contributed by atoms with E-state index in [1.807, 2.05) is 42.3 Å². The first kappa shape index (κ1) is 23.6. The lowest BCUT2D eigenvalue weighted by atomic mass is 10.0. The number of hydrogen-bond donors (Lipinski definition) is 4. The Morgan fingerprint density at radius 1 is 1.06 bits per heavy atom. The van der Waals surface area contributed by atoms with Gasteiger partial charge >= 0.3 is 0 Å². The molecule has 1 aromatic carbocycles. The van der Waals surface area contributed by atoms with E-state index in [1.54, 1.807) is 24.5 Å². The van der Waals surface area contributed by atoms with Gasteiger partial charge in [0, 0.05) is 42.7 Å². The number of pyridine rings is 2. The molecule has 0 aliphatic carbocycles. The Balaban J connectivity index is 1.30. The first-order valence-electron chi connectivity index (χ1n) is 11.1. The largest absolute Gasteiger partial charge is 0.387 e. The molecule has 1 fully saturated rings. The molecule has 0 amide bonds. The molecule has 3 aromatic rings. The number of aromatic amines is 1. The number of aromatic nitrogens is 2. The summed E-state index contributed by atoms with van der Waals surface area (Å²) in [5, 5.41) is 25.3. The van der Waals surface area contributed by atoms with Gasteiger partial charge in [0.1, 0.15) is 11.4 Å². The number of halogens is 1. The van der Waals surface area contributed by atoms with Crippen LogP contribution in [0.25, 0.3) is 0 Å². The first-order valence-corrected chi connectivity index (χ1v) is 11.5. The number of aliphatic hydroxyl groups is 2. The highest BCUT2D eigenvalue weighted by molar-refractivity contribution is 6.29. The van der Waals surface area contributed by atoms with Gasteiger partial charge in [0.05, 0.1) is 6.10 Å². The zero-order valence-corrected chi connectivity index (χ0v) is 19.2. The summed E-state index contributed by atoms with van der Waals surface area (Å²) in [4.78, 5) is 19.7. The van der Waals surface area contributed by atoms with Crippen LogP contribution in [0.4, 0.5) is 0 Å². The van der Waals surface area contributed by atoms with E-state index < -0.39 is 12.3 Å². The Kier molecular flexibility index (Phi) is 7.57. The molecular weight excluding hydrogens is 440 g/mol. The topological polar surface area (TPSA) is 101 Å². The van der Waals surface area contributed by atoms with Crippen molar-refractivity contribution in [3.8, 4) is 0 Å². The summed E-state index contributed by atoms with van der Waals surface area (Å²) in [5.74, 6) is 0. The van der Waals surface area contributed by atoms with Crippen molar-refractivity contribution in [2.24, 2.45) is 0 Å². The van der Waals surface area contributed by atoms with E-state index in [0.29, 0.717) is 11.7 Å². The summed E-state index contributed by atoms with van der Waals surface area (Å²) in [6.07, 6.45) is 4.65. The van der Waals surface area contributed by atoms with Crippen molar-refractivity contribution in [3.63, 3.8) is 0 Å². The Bertz CT molecular complexity index is 1080. The zero-order valence-electron chi connectivity index (χ0n) is 18.5. The number of rotatable bonds is 8. The van der Waals surface area contributed by atoms with E-state index in [9.17, 15) is 15.0 Å². The normalized spacial score (nSPS) is 20.2. The molecule has 8 heteroatoms. The second kappa shape index (κ2) is 10.6. The smallest absolute Gasteiger partial charge is 0.247 e. The van der Waals surface area contributed by atoms with Crippen molar-refractivity contribution in [2.75, 3.05) is 7.05 Å². The van der Waals surface area contributed by atoms with Crippen LogP contribution in [0.2, 0.25) is 5.15 Å². The fraction of sp³-hybridized carbons (Fsp3) is 0.360. The highest BCUT2D eigenvalue weighted by Crippen LogP contribution is 2.27. The molecule has 174 valence electrons. The lowest BCUT2D eigenvalue weighted by Gasteiger charge is -2.24. The molecule has 3 heterocycles. The van der Waals surface area contributed by atoms with E-state index in [1.165, 1.54) is 11.6 Å². The number of nitrogens with one attached hydrogen (secondary N) is 2. The van der Waals surface area contributed by atoms with E-state index in [-0.39, 0.29) is 17.6 Å². The van der Waals surface area contributed by atoms with Crippen LogP contribution in [-0.2, 0) is 13.0 Å². The molecule has 7 nitrogen and oxygen atoms in total. The summed E-state index contributed by atoms with van der Waals surface area (Å²) < 4.78 is 0. The van der Waals surface area contributed by atoms with Gasteiger partial charge in [-0.05, 0) is 49.1 Å². The van der Waals surface area contributed by atoms with E-state index in [0.717, 1.165) is 36.0 Å². The number of H-pyrrole nitrogens is 1. The van der Waals surface area contributed by atoms with Crippen molar-refractivity contribution >= 4 is 11.6 Å². The average molecular weight is 469 g/mol. The predicted molar refractivity (Wildman–Crippen MR) is 128 cm³/mol. The fourth-order valence-electron chi connectivity index (χ4n) is 4.34. The molecular formula is C25H29ClN4O3. The number of aliphatic hydroxyl groups excluding tert-OH is 2. The fourth-order valence-corrected chi connectivity index (χ4v) is 4.45. The van der Waals surface area contributed by atoms with Crippen LogP contribution in [0.15, 0.2) is 65.7 Å². The Morgan fingerprint density at radius 3 is 2.45 bits per heavy atom. The van der Waals surface area contributed by atoms with Crippen molar-refractivity contribution in [1.29, 1.82) is 0 Å². The highest BCUT2D eigenvalue weighted by atomic mass is 35.5. The van der Waals surface area contributed by atoms with Gasteiger partial charge in [-0.1, -0.05) is 48.0 Å². The summed E-state index contributed by atoms with van der Waals surface area (Å²) >= 11 is 5.84. The molecule has 0 radical (unpaired) electrons. The van der Waals surface area contributed by atoms with Gasteiger partial charge in [0.15, 0.2) is 0 Å². The van der Waals surface area contributed by atoms with Crippen LogP contribution >= 0.6 is 11.6 Å². The molecule has 1 aliphatic heterocycles. The van der Waals surface area contributed by atoms with E-state index >= 15 is 0 Å². The molecule has 1 unspecified atom stereocenters. The van der Waals surface area contributed by atoms with Gasteiger partial charge in [0.2, 0.25) is 5.56 Å². The Morgan fingerprint density at radius 2 is 1.79 bits per heavy atom. The van der Waals surface area contributed by atoms with Crippen LogP contribution in [0.1, 0.15) is 47.4 Å². The van der Waals surface area contributed by atoms with Crippen LogP contribution in [-0.4, -0.2) is 44.2 Å². The predicted octanol–water partition coefficient (Wildman–Crippen LogP) is 2.94. The standard InChI is InChI=1S/C25H29ClN4O3/c1-30(15-17-4-11-23(31)28-13-17)25(33)18-5-2-16(3-6-18)12-20-8-9-21(29-20)24(32)19-7-10-22(26)27-14-19/h2-7,10-11,13-14,20-21,24-25,29,32-33H,8-9,12,15H2,1H3,(H,28,31)/t20-,21+,24+,25?/m0/s1. The maximum absolute atomic E-state index is 11.2. The molecule has 33 heavy (non-hydrogen) atoms. The average Bonchev–Trinajstić information content (AvgIpc) is 3.29. The summed E-state index contributed by atoms with van der Waals surface area (Å²) in [7, 11) is 1.84. The van der Waals surface area contributed by atoms with Crippen LogP contribution in [0.5, 0.6) is 0 Å². The molecule has 2 aromatic heterocycles. The molecule has 4 N–H and O–H groups in total. The third-order valence-corrected chi connectivity index (χ3v) is 6.43.